The van der Waals surface area contributed by atoms with Crippen molar-refractivity contribution in [2.45, 2.75) is 65.7 Å². The number of hydrogen-bond acceptors (Lipinski definition) is 7. The van der Waals surface area contributed by atoms with E-state index in [1.807, 2.05) is 38.1 Å². The van der Waals surface area contributed by atoms with Crippen molar-refractivity contribution in [2.75, 3.05) is 13.7 Å². The van der Waals surface area contributed by atoms with Gasteiger partial charge in [-0.25, -0.2) is 4.79 Å². The minimum absolute atomic E-state index is 0.173. The van der Waals surface area contributed by atoms with Crippen molar-refractivity contribution in [2.24, 2.45) is 0 Å². The number of carbonyl (C=O) groups is 2. The molecule has 0 bridgehead atoms. The summed E-state index contributed by atoms with van der Waals surface area (Å²) in [7, 11) is 1.33. The Hall–Kier alpha value is -3.61. The number of ether oxygens (including phenoxy) is 2. The van der Waals surface area contributed by atoms with Crippen molar-refractivity contribution in [1.82, 2.24) is 0 Å². The summed E-state index contributed by atoms with van der Waals surface area (Å²) in [4.78, 5) is 36.7. The third-order valence-corrected chi connectivity index (χ3v) is 5.85. The fourth-order valence-electron chi connectivity index (χ4n) is 3.55. The molecular formula is C29H36O7. The molecule has 0 spiro atoms. The number of aryl methyl sites for hydroxylation is 1. The van der Waals surface area contributed by atoms with Crippen molar-refractivity contribution in [1.29, 1.82) is 0 Å². The lowest BCUT2D eigenvalue weighted by atomic mass is 9.98. The number of allylic oxidation sites excluding steroid dienone is 2. The molecule has 1 N–H and O–H groups in total. The zero-order valence-electron chi connectivity index (χ0n) is 21.8. The lowest BCUT2D eigenvalue weighted by Crippen LogP contribution is -2.16. The number of hydrogen-bond donors (Lipinski definition) is 1. The molecule has 0 aliphatic rings. The highest BCUT2D eigenvalue weighted by atomic mass is 16.5. The van der Waals surface area contributed by atoms with Crippen LogP contribution in [0.2, 0.25) is 0 Å². The molecule has 0 fully saturated rings. The van der Waals surface area contributed by atoms with E-state index in [9.17, 15) is 19.5 Å². The molecule has 2 aromatic rings. The predicted molar refractivity (Wildman–Crippen MR) is 140 cm³/mol. The van der Waals surface area contributed by atoms with Crippen LogP contribution in [0, 0.1) is 6.92 Å². The number of methoxy groups -OCH3 is 1. The first kappa shape index (κ1) is 28.6. The standard InChI is InChI=1S/C29H36O7/c1-6-7-15-35-23-14-13-22(20(3)17-23)16-21(4)28(32)27-24(30)18-25(36-29(27)33)19(2)11-9-8-10-12-26(31)34-5/h8,10,13-14,16-19,30H,6-7,9,11-12,15H2,1-5H3. The van der Waals surface area contributed by atoms with Crippen LogP contribution in [0.5, 0.6) is 11.5 Å². The van der Waals surface area contributed by atoms with E-state index in [4.69, 9.17) is 9.15 Å². The second-order valence-corrected chi connectivity index (χ2v) is 8.80. The Labute approximate surface area is 212 Å². The van der Waals surface area contributed by atoms with E-state index in [2.05, 4.69) is 11.7 Å². The van der Waals surface area contributed by atoms with Crippen molar-refractivity contribution in [3.05, 3.63) is 74.9 Å². The van der Waals surface area contributed by atoms with Crippen LogP contribution in [-0.4, -0.2) is 30.6 Å². The molecule has 2 rings (SSSR count). The normalized spacial score (nSPS) is 12.5. The first-order valence-corrected chi connectivity index (χ1v) is 12.2. The second-order valence-electron chi connectivity index (χ2n) is 8.80. The van der Waals surface area contributed by atoms with Gasteiger partial charge in [0.2, 0.25) is 0 Å². The molecule has 0 aliphatic carbocycles. The van der Waals surface area contributed by atoms with Gasteiger partial charge in [-0.05, 0) is 68.0 Å². The average Bonchev–Trinajstić information content (AvgIpc) is 2.84. The minimum atomic E-state index is -0.868. The van der Waals surface area contributed by atoms with Crippen LogP contribution in [0.4, 0.5) is 0 Å². The van der Waals surface area contributed by atoms with Gasteiger partial charge >= 0.3 is 11.6 Å². The monoisotopic (exact) mass is 496 g/mol. The minimum Gasteiger partial charge on any atom is -0.507 e. The van der Waals surface area contributed by atoms with Gasteiger partial charge in [0.25, 0.3) is 0 Å². The number of esters is 1. The van der Waals surface area contributed by atoms with Gasteiger partial charge in [0.05, 0.1) is 20.1 Å². The number of benzene rings is 1. The van der Waals surface area contributed by atoms with Gasteiger partial charge in [0, 0.05) is 12.0 Å². The number of ketones is 1. The third kappa shape index (κ3) is 8.26. The smallest absolute Gasteiger partial charge is 0.351 e. The van der Waals surface area contributed by atoms with E-state index in [1.54, 1.807) is 19.1 Å². The van der Waals surface area contributed by atoms with Crippen LogP contribution in [0.3, 0.4) is 0 Å². The van der Waals surface area contributed by atoms with Crippen LogP contribution in [0.15, 0.2) is 51.2 Å². The van der Waals surface area contributed by atoms with E-state index in [-0.39, 0.29) is 23.9 Å². The zero-order valence-corrected chi connectivity index (χ0v) is 21.8. The molecule has 1 aromatic heterocycles. The Balaban J connectivity index is 2.12. The maximum atomic E-state index is 13.0. The second kappa shape index (κ2) is 14.1. The summed E-state index contributed by atoms with van der Waals surface area (Å²) in [6.45, 7) is 8.13. The van der Waals surface area contributed by atoms with Gasteiger partial charge in [0.15, 0.2) is 5.78 Å². The Morgan fingerprint density at radius 1 is 1.19 bits per heavy atom. The highest BCUT2D eigenvalue weighted by molar-refractivity contribution is 6.12. The molecule has 7 nitrogen and oxygen atoms in total. The third-order valence-electron chi connectivity index (χ3n) is 5.85. The lowest BCUT2D eigenvalue weighted by Gasteiger charge is -2.11. The molecule has 1 aromatic carbocycles. The molecule has 1 atom stereocenters. The summed E-state index contributed by atoms with van der Waals surface area (Å²) in [6.07, 6.45) is 8.76. The summed E-state index contributed by atoms with van der Waals surface area (Å²) in [5, 5.41) is 10.5. The summed E-state index contributed by atoms with van der Waals surface area (Å²) < 4.78 is 15.7. The maximum Gasteiger partial charge on any atom is 0.351 e. The molecule has 0 amide bonds. The van der Waals surface area contributed by atoms with E-state index < -0.39 is 17.2 Å². The van der Waals surface area contributed by atoms with Crippen molar-refractivity contribution in [3.8, 4) is 11.5 Å². The number of unbranched alkanes of at least 4 members (excludes halogenated alkanes) is 1. The van der Waals surface area contributed by atoms with Crippen molar-refractivity contribution < 1.29 is 28.6 Å². The van der Waals surface area contributed by atoms with Crippen LogP contribution in [0.25, 0.3) is 6.08 Å². The summed E-state index contributed by atoms with van der Waals surface area (Å²) in [5.41, 5.74) is 0.800. The topological polar surface area (TPSA) is 103 Å². The fraction of sp³-hybridized carbons (Fsp3) is 0.414. The Bertz CT molecular complexity index is 1170. The van der Waals surface area contributed by atoms with Crippen LogP contribution >= 0.6 is 0 Å². The molecule has 1 unspecified atom stereocenters. The average molecular weight is 497 g/mol. The van der Waals surface area contributed by atoms with Crippen LogP contribution < -0.4 is 10.4 Å². The van der Waals surface area contributed by atoms with Gasteiger partial charge < -0.3 is 19.0 Å². The molecule has 0 saturated carbocycles. The van der Waals surface area contributed by atoms with E-state index in [0.29, 0.717) is 30.8 Å². The number of aromatic hydroxyl groups is 1. The number of Topliss-reactive ketones (excluding diaryl/α,β-unsaturated/α-hetero) is 1. The highest BCUT2D eigenvalue weighted by Gasteiger charge is 2.22. The first-order chi connectivity index (χ1) is 17.2. The van der Waals surface area contributed by atoms with Crippen molar-refractivity contribution >= 4 is 17.8 Å². The first-order valence-electron chi connectivity index (χ1n) is 12.2. The molecule has 36 heavy (non-hydrogen) atoms. The van der Waals surface area contributed by atoms with Crippen molar-refractivity contribution in [3.63, 3.8) is 0 Å². The summed E-state index contributed by atoms with van der Waals surface area (Å²) in [6, 6.07) is 6.95. The molecule has 1 heterocycles. The van der Waals surface area contributed by atoms with Crippen LogP contribution in [0.1, 0.15) is 86.0 Å². The number of rotatable bonds is 13. The number of carbonyl (C=O) groups excluding carboxylic acids is 2. The Morgan fingerprint density at radius 3 is 2.58 bits per heavy atom. The predicted octanol–water partition coefficient (Wildman–Crippen LogP) is 6.12. The van der Waals surface area contributed by atoms with E-state index in [1.165, 1.54) is 13.2 Å². The maximum absolute atomic E-state index is 13.0. The SMILES string of the molecule is CCCCOc1ccc(C=C(C)C(=O)c2c(O)cc(C(C)CCC=CCC(=O)OC)oc2=O)c(C)c1. The molecule has 0 aliphatic heterocycles. The molecule has 194 valence electrons. The molecule has 0 radical (unpaired) electrons. The van der Waals surface area contributed by atoms with Gasteiger partial charge in [-0.2, -0.15) is 0 Å². The largest absolute Gasteiger partial charge is 0.507 e. The van der Waals surface area contributed by atoms with Gasteiger partial charge in [-0.15, -0.1) is 0 Å². The summed E-state index contributed by atoms with van der Waals surface area (Å²) >= 11 is 0. The van der Waals surface area contributed by atoms with Crippen LogP contribution in [-0.2, 0) is 9.53 Å². The zero-order chi connectivity index (χ0) is 26.7. The molecule has 7 heteroatoms. The van der Waals surface area contributed by atoms with E-state index >= 15 is 0 Å². The van der Waals surface area contributed by atoms with Gasteiger partial charge in [0.1, 0.15) is 22.8 Å². The Morgan fingerprint density at radius 2 is 1.94 bits per heavy atom. The molecule has 0 saturated heterocycles. The highest BCUT2D eigenvalue weighted by Crippen LogP contribution is 2.27. The quantitative estimate of drug-likeness (QED) is 0.117. The molecular weight excluding hydrogens is 460 g/mol. The fourth-order valence-corrected chi connectivity index (χ4v) is 3.55. The summed E-state index contributed by atoms with van der Waals surface area (Å²) in [5.74, 6) is -0.413. The van der Waals surface area contributed by atoms with E-state index in [0.717, 1.165) is 29.7 Å². The Kier molecular flexibility index (Phi) is 11.2. The van der Waals surface area contributed by atoms with Gasteiger partial charge in [-0.3, -0.25) is 9.59 Å². The van der Waals surface area contributed by atoms with Gasteiger partial charge in [-0.1, -0.05) is 38.5 Å². The lowest BCUT2D eigenvalue weighted by molar-refractivity contribution is -0.139.